The predicted octanol–water partition coefficient (Wildman–Crippen LogP) is 1.67. The van der Waals surface area contributed by atoms with Gasteiger partial charge in [0.1, 0.15) is 16.9 Å². The molecule has 128 valence electrons. The molecule has 1 unspecified atom stereocenters. The van der Waals surface area contributed by atoms with E-state index in [1.807, 2.05) is 0 Å². The third-order valence-corrected chi connectivity index (χ3v) is 4.03. The number of hydrogen-bond donors (Lipinski definition) is 2. The average Bonchev–Trinajstić information content (AvgIpc) is 2.57. The molecule has 0 spiro atoms. The van der Waals surface area contributed by atoms with Crippen molar-refractivity contribution in [2.75, 3.05) is 24.5 Å². The molecule has 0 aliphatic carbocycles. The minimum absolute atomic E-state index is 0.0345. The van der Waals surface area contributed by atoms with Gasteiger partial charge in [0.15, 0.2) is 5.82 Å². The summed E-state index contributed by atoms with van der Waals surface area (Å²) in [6, 6.07) is 1.37. The maximum Gasteiger partial charge on any atom is 0.272 e. The van der Waals surface area contributed by atoms with Crippen LogP contribution in [0.5, 0.6) is 0 Å². The molecule has 2 N–H and O–H groups in total. The van der Waals surface area contributed by atoms with E-state index in [0.717, 1.165) is 6.07 Å². The first-order valence-electron chi connectivity index (χ1n) is 7.14. The number of H-pyrrole nitrogens is 1. The lowest BCUT2D eigenvalue weighted by molar-refractivity contribution is 0.105. The summed E-state index contributed by atoms with van der Waals surface area (Å²) in [7, 11) is 0. The number of pyridine rings is 1. The van der Waals surface area contributed by atoms with Crippen LogP contribution in [-0.2, 0) is 0 Å². The predicted molar refractivity (Wildman–Crippen MR) is 83.1 cm³/mol. The third kappa shape index (κ3) is 3.22. The van der Waals surface area contributed by atoms with Gasteiger partial charge in [-0.05, 0) is 6.07 Å². The van der Waals surface area contributed by atoms with Crippen LogP contribution < -0.4 is 15.8 Å². The third-order valence-electron chi connectivity index (χ3n) is 3.69. The number of aromatic nitrogens is 3. The number of nitrogens with zero attached hydrogens (tertiary/aromatic N) is 3. The first-order chi connectivity index (χ1) is 11.5. The van der Waals surface area contributed by atoms with Gasteiger partial charge in [-0.25, -0.2) is 18.7 Å². The van der Waals surface area contributed by atoms with Gasteiger partial charge >= 0.3 is 0 Å². The lowest BCUT2D eigenvalue weighted by atomic mass is 10.2. The van der Waals surface area contributed by atoms with Gasteiger partial charge in [-0.3, -0.25) is 4.79 Å². The first-order valence-corrected chi connectivity index (χ1v) is 7.52. The molecule has 10 heteroatoms. The molecule has 0 bridgehead atoms. The van der Waals surface area contributed by atoms with E-state index in [-0.39, 0.29) is 35.3 Å². The van der Waals surface area contributed by atoms with E-state index in [1.54, 1.807) is 0 Å². The largest absolute Gasteiger partial charge is 0.344 e. The van der Waals surface area contributed by atoms with Crippen LogP contribution in [0.3, 0.4) is 0 Å². The average molecular weight is 360 g/mol. The Labute approximate surface area is 139 Å². The number of piperazine rings is 1. The molecule has 0 aromatic carbocycles. The van der Waals surface area contributed by atoms with Gasteiger partial charge in [0, 0.05) is 37.5 Å². The van der Waals surface area contributed by atoms with Crippen LogP contribution in [0.4, 0.5) is 19.0 Å². The van der Waals surface area contributed by atoms with Gasteiger partial charge in [0.05, 0.1) is 0 Å². The highest BCUT2D eigenvalue weighted by molar-refractivity contribution is 6.32. The maximum absolute atomic E-state index is 13.3. The highest BCUT2D eigenvalue weighted by atomic mass is 35.5. The molecule has 3 heterocycles. The molecule has 1 fully saturated rings. The van der Waals surface area contributed by atoms with Crippen LogP contribution in [0.25, 0.3) is 11.4 Å². The maximum atomic E-state index is 13.3. The van der Waals surface area contributed by atoms with Crippen molar-refractivity contribution in [2.45, 2.75) is 12.5 Å². The Bertz CT molecular complexity index is 800. The Hall–Kier alpha value is -2.13. The molecular formula is C14H13ClF3N5O. The van der Waals surface area contributed by atoms with E-state index in [0.29, 0.717) is 6.54 Å². The van der Waals surface area contributed by atoms with Gasteiger partial charge in [-0.1, -0.05) is 11.6 Å². The smallest absolute Gasteiger partial charge is 0.272 e. The number of nitrogens with one attached hydrogen (secondary N) is 2. The summed E-state index contributed by atoms with van der Waals surface area (Å²) in [5.41, 5.74) is -0.415. The highest BCUT2D eigenvalue weighted by Gasteiger charge is 2.33. The van der Waals surface area contributed by atoms with Crippen molar-refractivity contribution in [3.05, 3.63) is 39.7 Å². The molecule has 0 radical (unpaired) electrons. The molecule has 3 rings (SSSR count). The molecule has 1 atom stereocenters. The molecule has 2 aromatic heterocycles. The number of alkyl halides is 2. The molecule has 1 aliphatic heterocycles. The summed E-state index contributed by atoms with van der Waals surface area (Å²) < 4.78 is 39.8. The van der Waals surface area contributed by atoms with Crippen molar-refractivity contribution >= 4 is 17.4 Å². The molecule has 0 amide bonds. The zero-order valence-corrected chi connectivity index (χ0v) is 13.0. The first kappa shape index (κ1) is 16.7. The summed E-state index contributed by atoms with van der Waals surface area (Å²) in [6.07, 6.45) is -1.43. The van der Waals surface area contributed by atoms with Crippen LogP contribution in [0.1, 0.15) is 0 Å². The van der Waals surface area contributed by atoms with Crippen LogP contribution in [0, 0.1) is 5.95 Å². The second-order valence-corrected chi connectivity index (χ2v) is 5.60. The standard InChI is InChI=1S/C14H13ClF3N5O/c15-10-13(23-4-3-19-6-8(23)11(17)18)21-12(22-14(10)24)7-1-2-20-9(16)5-7/h1-2,5,8,11,19H,3-4,6H2,(H,21,22,24). The number of aromatic amines is 1. The topological polar surface area (TPSA) is 73.9 Å². The van der Waals surface area contributed by atoms with E-state index in [2.05, 4.69) is 20.3 Å². The summed E-state index contributed by atoms with van der Waals surface area (Å²) in [4.78, 5) is 23.4. The van der Waals surface area contributed by atoms with Gasteiger partial charge in [0.2, 0.25) is 5.95 Å². The molecule has 0 saturated carbocycles. The van der Waals surface area contributed by atoms with Crippen molar-refractivity contribution in [2.24, 2.45) is 0 Å². The van der Waals surface area contributed by atoms with Gasteiger partial charge in [0.25, 0.3) is 12.0 Å². The van der Waals surface area contributed by atoms with Crippen molar-refractivity contribution in [1.29, 1.82) is 0 Å². The number of rotatable bonds is 3. The lowest BCUT2D eigenvalue weighted by Gasteiger charge is -2.36. The van der Waals surface area contributed by atoms with E-state index >= 15 is 0 Å². The van der Waals surface area contributed by atoms with E-state index < -0.39 is 24.0 Å². The van der Waals surface area contributed by atoms with Crippen LogP contribution in [-0.4, -0.2) is 47.1 Å². The van der Waals surface area contributed by atoms with Gasteiger partial charge in [-0.15, -0.1) is 0 Å². The zero-order valence-electron chi connectivity index (χ0n) is 12.3. The van der Waals surface area contributed by atoms with Crippen LogP contribution >= 0.6 is 11.6 Å². The van der Waals surface area contributed by atoms with Crippen molar-refractivity contribution in [3.63, 3.8) is 0 Å². The Kier molecular flexibility index (Phi) is 4.72. The summed E-state index contributed by atoms with van der Waals surface area (Å²) in [6.45, 7) is 0.713. The SMILES string of the molecule is O=c1[nH]c(-c2ccnc(F)c2)nc(N2CCNCC2C(F)F)c1Cl. The number of anilines is 1. The number of hydrogen-bond acceptors (Lipinski definition) is 5. The van der Waals surface area contributed by atoms with Gasteiger partial charge in [-0.2, -0.15) is 4.39 Å². The Morgan fingerprint density at radius 3 is 2.92 bits per heavy atom. The Morgan fingerprint density at radius 2 is 2.21 bits per heavy atom. The quantitative estimate of drug-likeness (QED) is 0.815. The van der Waals surface area contributed by atoms with E-state index in [4.69, 9.17) is 11.6 Å². The molecule has 1 saturated heterocycles. The summed E-state index contributed by atoms with van der Waals surface area (Å²) >= 11 is 5.99. The fraction of sp³-hybridized carbons (Fsp3) is 0.357. The lowest BCUT2D eigenvalue weighted by Crippen LogP contribution is -2.55. The molecule has 24 heavy (non-hydrogen) atoms. The highest BCUT2D eigenvalue weighted by Crippen LogP contribution is 2.27. The Balaban J connectivity index is 2.09. The number of halogens is 4. The van der Waals surface area contributed by atoms with Crippen LogP contribution in [0.15, 0.2) is 23.1 Å². The second-order valence-electron chi connectivity index (χ2n) is 5.22. The molecule has 2 aromatic rings. The summed E-state index contributed by atoms with van der Waals surface area (Å²) in [5, 5.41) is 2.59. The van der Waals surface area contributed by atoms with Crippen LogP contribution in [0.2, 0.25) is 5.02 Å². The van der Waals surface area contributed by atoms with E-state index in [1.165, 1.54) is 17.2 Å². The second kappa shape index (κ2) is 6.78. The molecule has 1 aliphatic rings. The van der Waals surface area contributed by atoms with Gasteiger partial charge < -0.3 is 15.2 Å². The molecular weight excluding hydrogens is 347 g/mol. The van der Waals surface area contributed by atoms with E-state index in [9.17, 15) is 18.0 Å². The zero-order chi connectivity index (χ0) is 17.3. The van der Waals surface area contributed by atoms with Crippen molar-refractivity contribution < 1.29 is 13.2 Å². The fourth-order valence-electron chi connectivity index (χ4n) is 2.54. The Morgan fingerprint density at radius 1 is 1.42 bits per heavy atom. The summed E-state index contributed by atoms with van der Waals surface area (Å²) in [5.74, 6) is -0.758. The monoisotopic (exact) mass is 359 g/mol. The normalized spacial score (nSPS) is 18.2. The minimum atomic E-state index is -2.64. The molecule has 6 nitrogen and oxygen atoms in total. The fourth-order valence-corrected chi connectivity index (χ4v) is 2.74. The minimum Gasteiger partial charge on any atom is -0.344 e. The van der Waals surface area contributed by atoms with Crippen molar-refractivity contribution in [1.82, 2.24) is 20.3 Å². The van der Waals surface area contributed by atoms with Crippen molar-refractivity contribution in [3.8, 4) is 11.4 Å².